The molecular weight excluding hydrogens is 476 g/mol. The second-order valence-corrected chi connectivity index (χ2v) is 13.3. The second kappa shape index (κ2) is 12.8. The number of piperidine rings is 2. The summed E-state index contributed by atoms with van der Waals surface area (Å²) in [5.41, 5.74) is 0. The average molecular weight is 519 g/mol. The molecule has 0 bridgehead atoms. The Kier molecular flexibility index (Phi) is 9.76. The minimum absolute atomic E-state index is 0.439. The minimum atomic E-state index is 0.439. The summed E-state index contributed by atoms with van der Waals surface area (Å²) >= 11 is 2.56. The van der Waals surface area contributed by atoms with E-state index in [1.165, 1.54) is 75.5 Å². The van der Waals surface area contributed by atoms with E-state index in [0.29, 0.717) is 22.6 Å². The molecule has 8 nitrogen and oxygen atoms in total. The fraction of sp³-hybridized carbons (Fsp3) is 1.00. The van der Waals surface area contributed by atoms with Gasteiger partial charge in [-0.25, -0.2) is 10.5 Å². The van der Waals surface area contributed by atoms with Crippen LogP contribution in [0.4, 0.5) is 0 Å². The van der Waals surface area contributed by atoms with Crippen LogP contribution in [0.1, 0.15) is 77.0 Å². The minimum Gasteiger partial charge on any atom is -0.312 e. The van der Waals surface area contributed by atoms with Crippen molar-refractivity contribution in [3.8, 4) is 0 Å². The highest BCUT2D eigenvalue weighted by Gasteiger charge is 2.50. The van der Waals surface area contributed by atoms with Crippen molar-refractivity contribution in [3.05, 3.63) is 0 Å². The summed E-state index contributed by atoms with van der Waals surface area (Å²) in [6.07, 6.45) is 15.1. The number of hydrogen-bond donors (Lipinski definition) is 4. The Hall–Kier alpha value is 0.380. The molecular formula is C24H42N2O6S2. The van der Waals surface area contributed by atoms with Crippen molar-refractivity contribution in [2.45, 2.75) is 99.6 Å². The van der Waals surface area contributed by atoms with Crippen LogP contribution in [0, 0.1) is 35.5 Å². The molecule has 0 aromatic rings. The molecule has 34 heavy (non-hydrogen) atoms. The van der Waals surface area contributed by atoms with Crippen molar-refractivity contribution in [1.82, 2.24) is 10.6 Å². The highest BCUT2D eigenvalue weighted by molar-refractivity contribution is 7.95. The molecule has 0 amide bonds. The van der Waals surface area contributed by atoms with E-state index in [1.807, 2.05) is 0 Å². The normalized spacial score (nSPS) is 45.4. The number of nitrogens with one attached hydrogen (secondary N) is 2. The van der Waals surface area contributed by atoms with Crippen molar-refractivity contribution in [2.75, 3.05) is 13.1 Å². The highest BCUT2D eigenvalue weighted by atomic mass is 32.2. The third-order valence-electron chi connectivity index (χ3n) is 10.0. The lowest BCUT2D eigenvalue weighted by atomic mass is 9.57. The first kappa shape index (κ1) is 26.0. The lowest BCUT2D eigenvalue weighted by Crippen LogP contribution is -2.66. The van der Waals surface area contributed by atoms with Gasteiger partial charge < -0.3 is 10.6 Å². The largest absolute Gasteiger partial charge is 0.312 e. The molecule has 2 heterocycles. The van der Waals surface area contributed by atoms with Crippen molar-refractivity contribution >= 4 is 24.1 Å². The molecule has 0 aromatic carbocycles. The van der Waals surface area contributed by atoms with Gasteiger partial charge in [0.05, 0.1) is 0 Å². The SMILES string of the molecule is OOOSC1CCC(C2CCNC3C2CCC2C(C4CCC(SOOO)CC4)CCNC23)CC1. The summed E-state index contributed by atoms with van der Waals surface area (Å²) in [6, 6.07) is 1.25. The summed E-state index contributed by atoms with van der Waals surface area (Å²) in [4.78, 5) is 0. The zero-order valence-corrected chi connectivity index (χ0v) is 21.6. The maximum absolute atomic E-state index is 8.45. The van der Waals surface area contributed by atoms with Crippen LogP contribution in [0.25, 0.3) is 0 Å². The molecule has 3 aliphatic carbocycles. The van der Waals surface area contributed by atoms with E-state index in [0.717, 1.165) is 74.3 Å². The maximum Gasteiger partial charge on any atom is 0.0380 e. The van der Waals surface area contributed by atoms with Gasteiger partial charge in [-0.15, -0.1) is 8.67 Å². The quantitative estimate of drug-likeness (QED) is 0.194. The number of rotatable bonds is 8. The predicted octanol–water partition coefficient (Wildman–Crippen LogP) is 5.23. The van der Waals surface area contributed by atoms with Gasteiger partial charge in [-0.2, -0.15) is 0 Å². The van der Waals surface area contributed by atoms with Gasteiger partial charge in [-0.1, -0.05) is 10.1 Å². The van der Waals surface area contributed by atoms with Crippen LogP contribution in [0.3, 0.4) is 0 Å². The molecule has 5 aliphatic rings. The van der Waals surface area contributed by atoms with Crippen LogP contribution in [-0.4, -0.2) is 46.2 Å². The van der Waals surface area contributed by atoms with Crippen molar-refractivity contribution in [3.63, 3.8) is 0 Å². The average Bonchev–Trinajstić information content (AvgIpc) is 2.90. The fourth-order valence-electron chi connectivity index (χ4n) is 8.60. The van der Waals surface area contributed by atoms with Gasteiger partial charge >= 0.3 is 0 Å². The predicted molar refractivity (Wildman–Crippen MR) is 132 cm³/mol. The van der Waals surface area contributed by atoms with E-state index in [4.69, 9.17) is 19.2 Å². The molecule has 0 spiro atoms. The van der Waals surface area contributed by atoms with Gasteiger partial charge in [0.15, 0.2) is 0 Å². The standard InChI is InChI=1S/C24H42N2O6S2/c27-29-31-33-17-5-1-15(2-6-17)19-11-13-25-23-21(19)9-10-22-20(12-14-26-24(22)23)16-3-7-18(8-4-16)34-32-30-28/h15-28H,1-14H2. The Morgan fingerprint density at radius 1 is 0.500 bits per heavy atom. The first-order valence-corrected chi connectivity index (χ1v) is 15.1. The molecule has 6 atom stereocenters. The second-order valence-electron chi connectivity index (χ2n) is 11.3. The molecule has 3 saturated carbocycles. The van der Waals surface area contributed by atoms with Gasteiger partial charge in [0.25, 0.3) is 0 Å². The van der Waals surface area contributed by atoms with E-state index < -0.39 is 0 Å². The highest BCUT2D eigenvalue weighted by Crippen LogP contribution is 2.50. The summed E-state index contributed by atoms with van der Waals surface area (Å²) in [6.45, 7) is 2.32. The van der Waals surface area contributed by atoms with Gasteiger partial charge in [-0.05, 0) is 126 Å². The van der Waals surface area contributed by atoms with Gasteiger partial charge in [0.1, 0.15) is 0 Å². The van der Waals surface area contributed by atoms with E-state index in [2.05, 4.69) is 20.7 Å². The molecule has 2 aliphatic heterocycles. The topological polar surface area (TPSA) is 101 Å². The lowest BCUT2D eigenvalue weighted by molar-refractivity contribution is -0.432. The van der Waals surface area contributed by atoms with E-state index >= 15 is 0 Å². The van der Waals surface area contributed by atoms with E-state index in [-0.39, 0.29) is 0 Å². The van der Waals surface area contributed by atoms with Crippen molar-refractivity contribution < 1.29 is 29.3 Å². The van der Waals surface area contributed by atoms with Crippen LogP contribution in [-0.2, 0) is 18.7 Å². The Balaban J connectivity index is 1.17. The fourth-order valence-corrected chi connectivity index (χ4v) is 9.82. The zero-order valence-electron chi connectivity index (χ0n) is 20.0. The van der Waals surface area contributed by atoms with Crippen LogP contribution < -0.4 is 10.6 Å². The molecule has 5 rings (SSSR count). The molecule has 0 aromatic heterocycles. The molecule has 6 unspecified atom stereocenters. The van der Waals surface area contributed by atoms with E-state index in [1.54, 1.807) is 0 Å². The smallest absolute Gasteiger partial charge is 0.0380 e. The molecule has 2 saturated heterocycles. The third kappa shape index (κ3) is 5.92. The Bertz CT molecular complexity index is 568. The number of fused-ring (bicyclic) bond motifs is 3. The Morgan fingerprint density at radius 2 is 0.912 bits per heavy atom. The molecule has 5 fully saturated rings. The van der Waals surface area contributed by atoms with E-state index in [9.17, 15) is 0 Å². The van der Waals surface area contributed by atoms with Gasteiger partial charge in [0, 0.05) is 46.7 Å². The molecule has 4 N–H and O–H groups in total. The summed E-state index contributed by atoms with van der Waals surface area (Å²) in [5.74, 6) is 4.95. The van der Waals surface area contributed by atoms with Crippen LogP contribution >= 0.6 is 24.1 Å². The van der Waals surface area contributed by atoms with Crippen molar-refractivity contribution in [2.24, 2.45) is 35.5 Å². The van der Waals surface area contributed by atoms with Crippen molar-refractivity contribution in [1.29, 1.82) is 0 Å². The van der Waals surface area contributed by atoms with Gasteiger partial charge in [0.2, 0.25) is 0 Å². The monoisotopic (exact) mass is 518 g/mol. The van der Waals surface area contributed by atoms with Crippen LogP contribution in [0.15, 0.2) is 0 Å². The number of hydrogen-bond acceptors (Lipinski definition) is 10. The maximum atomic E-state index is 8.45. The summed E-state index contributed by atoms with van der Waals surface area (Å²) in [5, 5.41) is 33.4. The first-order chi connectivity index (χ1) is 16.8. The first-order valence-electron chi connectivity index (χ1n) is 13.5. The molecule has 10 heteroatoms. The van der Waals surface area contributed by atoms with Crippen LogP contribution in [0.5, 0.6) is 0 Å². The molecule has 0 radical (unpaired) electrons. The molecule has 196 valence electrons. The summed E-state index contributed by atoms with van der Waals surface area (Å²) < 4.78 is 9.43. The third-order valence-corrected chi connectivity index (χ3v) is 11.8. The van der Waals surface area contributed by atoms with Crippen LogP contribution in [0.2, 0.25) is 0 Å². The zero-order chi connectivity index (χ0) is 23.3. The lowest BCUT2D eigenvalue weighted by Gasteiger charge is -2.56. The van der Waals surface area contributed by atoms with Gasteiger partial charge in [-0.3, -0.25) is 0 Å². The Morgan fingerprint density at radius 3 is 1.29 bits per heavy atom. The summed E-state index contributed by atoms with van der Waals surface area (Å²) in [7, 11) is 0. The Labute approximate surface area is 212 Å².